The fourth-order valence-electron chi connectivity index (χ4n) is 2.77. The first kappa shape index (κ1) is 11.0. The average molecular weight is 187 g/mol. The van der Waals surface area contributed by atoms with Crippen LogP contribution in [0.25, 0.3) is 0 Å². The molecule has 2 heteroatoms. The minimum Gasteiger partial charge on any atom is -0.295 e. The number of fused-ring (bicyclic) bond motifs is 1. The Kier molecular flexibility index (Phi) is 3.72. The van der Waals surface area contributed by atoms with Gasteiger partial charge in [0.05, 0.1) is 0 Å². The summed E-state index contributed by atoms with van der Waals surface area (Å²) in [4.78, 5) is 2.36. The Morgan fingerprint density at radius 2 is 2.15 bits per heavy atom. The normalized spacial score (nSPS) is 38.3. The van der Waals surface area contributed by atoms with Gasteiger partial charge in [-0.1, -0.05) is 20.8 Å². The predicted octanol–water partition coefficient (Wildman–Crippen LogP) is 3.00. The molecule has 2 heterocycles. The van der Waals surface area contributed by atoms with Crippen molar-refractivity contribution in [1.82, 2.24) is 4.90 Å². The first-order chi connectivity index (χ1) is 6.27. The minimum absolute atomic E-state index is 0.277. The van der Waals surface area contributed by atoms with E-state index in [0.717, 1.165) is 19.4 Å². The zero-order valence-corrected chi connectivity index (χ0v) is 9.15. The highest BCUT2D eigenvalue weighted by atomic mass is 19.1. The van der Waals surface area contributed by atoms with Crippen LogP contribution in [0, 0.1) is 0 Å². The first-order valence-electron chi connectivity index (χ1n) is 5.66. The number of hydrogen-bond donors (Lipinski definition) is 0. The number of nitrogens with zero attached hydrogens (tertiary/aromatic N) is 1. The van der Waals surface area contributed by atoms with Crippen molar-refractivity contribution >= 4 is 0 Å². The molecule has 0 spiro atoms. The monoisotopic (exact) mass is 187 g/mol. The third-order valence-electron chi connectivity index (χ3n) is 3.42. The molecule has 0 aromatic carbocycles. The lowest BCUT2D eigenvalue weighted by atomic mass is 9.91. The van der Waals surface area contributed by atoms with Crippen molar-refractivity contribution in [3.8, 4) is 0 Å². The van der Waals surface area contributed by atoms with Gasteiger partial charge in [-0.2, -0.15) is 0 Å². The Morgan fingerprint density at radius 1 is 1.46 bits per heavy atom. The molecule has 2 aliphatic rings. The second kappa shape index (κ2) is 4.41. The van der Waals surface area contributed by atoms with E-state index in [0.29, 0.717) is 6.54 Å². The predicted molar refractivity (Wildman–Crippen MR) is 54.7 cm³/mol. The summed E-state index contributed by atoms with van der Waals surface area (Å²) >= 11 is 0. The topological polar surface area (TPSA) is 3.24 Å². The van der Waals surface area contributed by atoms with Crippen molar-refractivity contribution in [3.05, 3.63) is 0 Å². The maximum atomic E-state index is 13.0. The molecule has 0 bridgehead atoms. The second-order valence-corrected chi connectivity index (χ2v) is 3.93. The largest absolute Gasteiger partial charge is 0.295 e. The van der Waals surface area contributed by atoms with Crippen LogP contribution in [0.1, 0.15) is 46.5 Å². The molecule has 13 heavy (non-hydrogen) atoms. The third-order valence-corrected chi connectivity index (χ3v) is 3.42. The van der Waals surface area contributed by atoms with Gasteiger partial charge in [-0.3, -0.25) is 4.90 Å². The van der Waals surface area contributed by atoms with Crippen LogP contribution in [0.5, 0.6) is 0 Å². The molecule has 0 radical (unpaired) electrons. The van der Waals surface area contributed by atoms with Gasteiger partial charge in [-0.25, -0.2) is 4.39 Å². The smallest absolute Gasteiger partial charge is 0.115 e. The van der Waals surface area contributed by atoms with Gasteiger partial charge in [0.15, 0.2) is 0 Å². The highest BCUT2D eigenvalue weighted by Crippen LogP contribution is 2.41. The molecule has 0 aromatic heterocycles. The second-order valence-electron chi connectivity index (χ2n) is 3.93. The van der Waals surface area contributed by atoms with E-state index < -0.39 is 6.17 Å². The maximum Gasteiger partial charge on any atom is 0.115 e. The summed E-state index contributed by atoms with van der Waals surface area (Å²) in [6, 6.07) is 0. The van der Waals surface area contributed by atoms with Crippen LogP contribution in [0.15, 0.2) is 0 Å². The zero-order chi connectivity index (χ0) is 9.90. The highest BCUT2D eigenvalue weighted by molar-refractivity contribution is 5.02. The van der Waals surface area contributed by atoms with E-state index in [1.807, 2.05) is 13.8 Å². The summed E-state index contributed by atoms with van der Waals surface area (Å²) in [6.45, 7) is 8.03. The van der Waals surface area contributed by atoms with Gasteiger partial charge in [0.25, 0.3) is 0 Å². The van der Waals surface area contributed by atoms with Crippen molar-refractivity contribution in [2.45, 2.75) is 58.2 Å². The number of rotatable bonds is 1. The van der Waals surface area contributed by atoms with Gasteiger partial charge < -0.3 is 0 Å². The number of alkyl halides is 1. The Balaban J connectivity index is 0.000000396. The van der Waals surface area contributed by atoms with E-state index in [2.05, 4.69) is 11.8 Å². The van der Waals surface area contributed by atoms with Gasteiger partial charge in [-0.05, 0) is 32.2 Å². The standard InChI is InChI=1S/C9H16FN.C2H6/c1-2-9-4-3-5-11(9)7-8(10)6-9;1-2/h8H,2-7H2,1H3;1-2H3. The molecule has 2 unspecified atom stereocenters. The molecule has 2 fully saturated rings. The third kappa shape index (κ3) is 1.88. The fourth-order valence-corrected chi connectivity index (χ4v) is 2.77. The first-order valence-corrected chi connectivity index (χ1v) is 5.66. The molecule has 0 amide bonds. The molecule has 2 aliphatic heterocycles. The van der Waals surface area contributed by atoms with Crippen LogP contribution >= 0.6 is 0 Å². The quantitative estimate of drug-likeness (QED) is 0.610. The van der Waals surface area contributed by atoms with E-state index in [1.54, 1.807) is 0 Å². The summed E-state index contributed by atoms with van der Waals surface area (Å²) in [5.74, 6) is 0. The van der Waals surface area contributed by atoms with Crippen molar-refractivity contribution in [2.75, 3.05) is 13.1 Å². The summed E-state index contributed by atoms with van der Waals surface area (Å²) < 4.78 is 13.0. The Bertz CT molecular complexity index is 160. The van der Waals surface area contributed by atoms with Crippen LogP contribution in [-0.2, 0) is 0 Å². The lowest BCUT2D eigenvalue weighted by molar-refractivity contribution is 0.189. The molecule has 0 aliphatic carbocycles. The molecule has 0 aromatic rings. The minimum atomic E-state index is -0.546. The molecule has 2 saturated heterocycles. The molecule has 2 rings (SSSR count). The summed E-state index contributed by atoms with van der Waals surface area (Å²) in [5.41, 5.74) is 0.277. The lowest BCUT2D eigenvalue weighted by Gasteiger charge is -2.29. The maximum absolute atomic E-state index is 13.0. The van der Waals surface area contributed by atoms with Crippen molar-refractivity contribution in [2.24, 2.45) is 0 Å². The number of hydrogen-bond acceptors (Lipinski definition) is 1. The van der Waals surface area contributed by atoms with E-state index in [9.17, 15) is 4.39 Å². The molecular weight excluding hydrogens is 165 g/mol. The summed E-state index contributed by atoms with van der Waals surface area (Å²) in [6.07, 6.45) is 3.89. The van der Waals surface area contributed by atoms with Gasteiger partial charge in [0.1, 0.15) is 6.17 Å². The summed E-state index contributed by atoms with van der Waals surface area (Å²) in [5, 5.41) is 0. The summed E-state index contributed by atoms with van der Waals surface area (Å²) in [7, 11) is 0. The molecule has 2 atom stereocenters. The lowest BCUT2D eigenvalue weighted by Crippen LogP contribution is -2.37. The highest BCUT2D eigenvalue weighted by Gasteiger charge is 2.46. The van der Waals surface area contributed by atoms with E-state index in [-0.39, 0.29) is 5.54 Å². The van der Waals surface area contributed by atoms with Crippen LogP contribution in [0.3, 0.4) is 0 Å². The van der Waals surface area contributed by atoms with Crippen LogP contribution < -0.4 is 0 Å². The zero-order valence-electron chi connectivity index (χ0n) is 9.15. The SMILES string of the molecule is CC.CCC12CCCN1CC(F)C2. The van der Waals surface area contributed by atoms with Crippen molar-refractivity contribution in [3.63, 3.8) is 0 Å². The van der Waals surface area contributed by atoms with Crippen molar-refractivity contribution in [1.29, 1.82) is 0 Å². The molecule has 78 valence electrons. The van der Waals surface area contributed by atoms with E-state index in [1.165, 1.54) is 12.8 Å². The Morgan fingerprint density at radius 3 is 2.69 bits per heavy atom. The van der Waals surface area contributed by atoms with Gasteiger partial charge in [0, 0.05) is 12.1 Å². The van der Waals surface area contributed by atoms with Gasteiger partial charge in [-0.15, -0.1) is 0 Å². The Hall–Kier alpha value is -0.110. The van der Waals surface area contributed by atoms with E-state index >= 15 is 0 Å². The Labute approximate surface area is 81.3 Å². The van der Waals surface area contributed by atoms with Gasteiger partial charge >= 0.3 is 0 Å². The molecule has 0 saturated carbocycles. The fraction of sp³-hybridized carbons (Fsp3) is 1.00. The van der Waals surface area contributed by atoms with Crippen LogP contribution in [0.2, 0.25) is 0 Å². The van der Waals surface area contributed by atoms with Gasteiger partial charge in [0.2, 0.25) is 0 Å². The van der Waals surface area contributed by atoms with Crippen molar-refractivity contribution < 1.29 is 4.39 Å². The number of halogens is 1. The average Bonchev–Trinajstić information content (AvgIpc) is 2.64. The molecular formula is C11H22FN. The van der Waals surface area contributed by atoms with E-state index in [4.69, 9.17) is 0 Å². The van der Waals surface area contributed by atoms with Crippen LogP contribution in [0.4, 0.5) is 4.39 Å². The molecule has 0 N–H and O–H groups in total. The van der Waals surface area contributed by atoms with Crippen LogP contribution in [-0.4, -0.2) is 29.7 Å². The molecule has 1 nitrogen and oxygen atoms in total.